The fraction of sp³-hybridized carbons (Fsp3) is 0.318. The number of para-hydroxylation sites is 1. The fourth-order valence-electron chi connectivity index (χ4n) is 3.24. The predicted octanol–water partition coefficient (Wildman–Crippen LogP) is 4.62. The van der Waals surface area contributed by atoms with Gasteiger partial charge in [-0.3, -0.25) is 9.69 Å². The first-order valence-corrected chi connectivity index (χ1v) is 9.01. The van der Waals surface area contributed by atoms with E-state index in [0.717, 1.165) is 36.5 Å². The number of ether oxygens (including phenoxy) is 1. The van der Waals surface area contributed by atoms with Crippen molar-refractivity contribution < 1.29 is 9.15 Å². The second-order valence-electron chi connectivity index (χ2n) is 6.37. The minimum absolute atomic E-state index is 0.0166. The van der Waals surface area contributed by atoms with Gasteiger partial charge in [-0.2, -0.15) is 0 Å². The van der Waals surface area contributed by atoms with Crippen molar-refractivity contribution in [1.82, 2.24) is 4.90 Å². The second kappa shape index (κ2) is 7.75. The monoisotopic (exact) mass is 351 g/mol. The summed E-state index contributed by atoms with van der Waals surface area (Å²) in [5.74, 6) is 1.47. The van der Waals surface area contributed by atoms with E-state index in [1.54, 1.807) is 13.2 Å². The number of fused-ring (bicyclic) bond motifs is 1. The lowest BCUT2D eigenvalue weighted by molar-refractivity contribution is 0.289. The van der Waals surface area contributed by atoms with Crippen molar-refractivity contribution in [2.45, 2.75) is 27.3 Å². The molecule has 4 heteroatoms. The molecule has 0 aliphatic heterocycles. The molecule has 0 saturated carbocycles. The van der Waals surface area contributed by atoms with Crippen LogP contribution in [0.2, 0.25) is 0 Å². The molecule has 0 spiro atoms. The summed E-state index contributed by atoms with van der Waals surface area (Å²) in [6.45, 7) is 8.84. The van der Waals surface area contributed by atoms with Crippen LogP contribution < -0.4 is 10.2 Å². The lowest BCUT2D eigenvalue weighted by Crippen LogP contribution is -2.22. The van der Waals surface area contributed by atoms with Gasteiger partial charge in [0, 0.05) is 23.2 Å². The van der Waals surface area contributed by atoms with Crippen LogP contribution in [0.4, 0.5) is 0 Å². The topological polar surface area (TPSA) is 42.7 Å². The van der Waals surface area contributed by atoms with E-state index in [1.807, 2.05) is 37.3 Å². The Balaban J connectivity index is 2.14. The van der Waals surface area contributed by atoms with E-state index in [2.05, 4.69) is 24.8 Å². The Hall–Kier alpha value is -2.59. The summed E-state index contributed by atoms with van der Waals surface area (Å²) in [6, 6.07) is 13.3. The zero-order valence-corrected chi connectivity index (χ0v) is 15.8. The van der Waals surface area contributed by atoms with Gasteiger partial charge in [-0.05, 0) is 50.3 Å². The van der Waals surface area contributed by atoms with Crippen molar-refractivity contribution in [3.63, 3.8) is 0 Å². The van der Waals surface area contributed by atoms with Gasteiger partial charge in [0.05, 0.1) is 12.5 Å². The van der Waals surface area contributed by atoms with E-state index in [0.29, 0.717) is 22.3 Å². The zero-order chi connectivity index (χ0) is 18.7. The molecular weight excluding hydrogens is 326 g/mol. The summed E-state index contributed by atoms with van der Waals surface area (Å²) in [6.07, 6.45) is 0. The normalized spacial score (nSPS) is 11.3. The Labute approximate surface area is 154 Å². The van der Waals surface area contributed by atoms with Gasteiger partial charge in [-0.25, -0.2) is 0 Å². The highest BCUT2D eigenvalue weighted by Gasteiger charge is 2.15. The minimum atomic E-state index is 0.0166. The molecule has 0 aliphatic rings. The summed E-state index contributed by atoms with van der Waals surface area (Å²) < 4.78 is 11.6. The van der Waals surface area contributed by atoms with Crippen LogP contribution in [0.5, 0.6) is 5.75 Å². The van der Waals surface area contributed by atoms with Crippen molar-refractivity contribution in [3.8, 4) is 17.1 Å². The van der Waals surface area contributed by atoms with E-state index in [4.69, 9.17) is 9.15 Å². The molecule has 0 aliphatic carbocycles. The minimum Gasteiger partial charge on any atom is -0.496 e. The molecule has 1 heterocycles. The number of nitrogens with zero attached hydrogens (tertiary/aromatic N) is 1. The molecule has 0 N–H and O–H groups in total. The molecule has 136 valence electrons. The van der Waals surface area contributed by atoms with E-state index in [1.165, 1.54) is 0 Å². The van der Waals surface area contributed by atoms with Gasteiger partial charge < -0.3 is 9.15 Å². The largest absolute Gasteiger partial charge is 0.496 e. The third-order valence-corrected chi connectivity index (χ3v) is 4.86. The molecule has 4 nitrogen and oxygen atoms in total. The highest BCUT2D eigenvalue weighted by atomic mass is 16.5. The van der Waals surface area contributed by atoms with Gasteiger partial charge in [-0.15, -0.1) is 0 Å². The number of methoxy groups -OCH3 is 1. The average Bonchev–Trinajstić information content (AvgIpc) is 2.68. The van der Waals surface area contributed by atoms with Crippen molar-refractivity contribution in [1.29, 1.82) is 0 Å². The first-order chi connectivity index (χ1) is 12.6. The smallest absolute Gasteiger partial charge is 0.196 e. The Morgan fingerprint density at radius 1 is 1.08 bits per heavy atom. The molecule has 26 heavy (non-hydrogen) atoms. The number of hydrogen-bond acceptors (Lipinski definition) is 4. The van der Waals surface area contributed by atoms with E-state index < -0.39 is 0 Å². The fourth-order valence-corrected chi connectivity index (χ4v) is 3.24. The maximum absolute atomic E-state index is 12.7. The summed E-state index contributed by atoms with van der Waals surface area (Å²) in [7, 11) is 1.68. The highest BCUT2D eigenvalue weighted by Crippen LogP contribution is 2.30. The van der Waals surface area contributed by atoms with Crippen LogP contribution in [0.3, 0.4) is 0 Å². The summed E-state index contributed by atoms with van der Waals surface area (Å²) in [5, 5.41) is 0.616. The van der Waals surface area contributed by atoms with Crippen molar-refractivity contribution in [3.05, 3.63) is 63.8 Å². The summed E-state index contributed by atoms with van der Waals surface area (Å²) in [4.78, 5) is 15.0. The molecule has 0 bridgehead atoms. The molecule has 1 aromatic heterocycles. The SMILES string of the molecule is CCN(CC)Cc1cc(-c2oc3ccccc3c(=O)c2C)ccc1OC. The van der Waals surface area contributed by atoms with Gasteiger partial charge in [0.1, 0.15) is 17.1 Å². The maximum Gasteiger partial charge on any atom is 0.196 e. The molecule has 0 unspecified atom stereocenters. The second-order valence-corrected chi connectivity index (χ2v) is 6.37. The van der Waals surface area contributed by atoms with Crippen LogP contribution >= 0.6 is 0 Å². The van der Waals surface area contributed by atoms with Gasteiger partial charge in [0.25, 0.3) is 0 Å². The third kappa shape index (κ3) is 3.37. The van der Waals surface area contributed by atoms with Crippen molar-refractivity contribution >= 4 is 11.0 Å². The average molecular weight is 351 g/mol. The molecular formula is C22H25NO3. The molecule has 0 atom stereocenters. The molecule has 0 saturated heterocycles. The molecule has 2 aromatic carbocycles. The number of benzene rings is 2. The molecule has 3 rings (SSSR count). The molecule has 0 radical (unpaired) electrons. The van der Waals surface area contributed by atoms with Gasteiger partial charge >= 0.3 is 0 Å². The standard InChI is InChI=1S/C22H25NO3/c1-5-23(6-2)14-17-13-16(11-12-19(17)25-4)22-15(3)21(24)18-9-7-8-10-20(18)26-22/h7-13H,5-6,14H2,1-4H3. The Bertz CT molecular complexity index is 971. The van der Waals surface area contributed by atoms with Gasteiger partial charge in [0.15, 0.2) is 5.43 Å². The third-order valence-electron chi connectivity index (χ3n) is 4.86. The molecule has 0 amide bonds. The van der Waals surface area contributed by atoms with Crippen molar-refractivity contribution in [2.75, 3.05) is 20.2 Å². The van der Waals surface area contributed by atoms with Gasteiger partial charge in [0.2, 0.25) is 0 Å². The maximum atomic E-state index is 12.7. The zero-order valence-electron chi connectivity index (χ0n) is 15.8. The van der Waals surface area contributed by atoms with Crippen LogP contribution in [0, 0.1) is 6.92 Å². The molecule has 3 aromatic rings. The van der Waals surface area contributed by atoms with Crippen LogP contribution in [0.25, 0.3) is 22.3 Å². The Kier molecular flexibility index (Phi) is 5.43. The van der Waals surface area contributed by atoms with Gasteiger partial charge in [-0.1, -0.05) is 26.0 Å². The summed E-state index contributed by atoms with van der Waals surface area (Å²) >= 11 is 0. The Morgan fingerprint density at radius 2 is 1.81 bits per heavy atom. The van der Waals surface area contributed by atoms with E-state index >= 15 is 0 Å². The number of rotatable bonds is 6. The lowest BCUT2D eigenvalue weighted by Gasteiger charge is -2.20. The quantitative estimate of drug-likeness (QED) is 0.650. The first kappa shape index (κ1) is 18.2. The van der Waals surface area contributed by atoms with E-state index in [9.17, 15) is 4.79 Å². The predicted molar refractivity (Wildman–Crippen MR) is 106 cm³/mol. The van der Waals surface area contributed by atoms with Crippen LogP contribution in [-0.4, -0.2) is 25.1 Å². The lowest BCUT2D eigenvalue weighted by atomic mass is 10.0. The highest BCUT2D eigenvalue weighted by molar-refractivity contribution is 5.80. The Morgan fingerprint density at radius 3 is 2.50 bits per heavy atom. The van der Waals surface area contributed by atoms with Crippen molar-refractivity contribution in [2.24, 2.45) is 0 Å². The first-order valence-electron chi connectivity index (χ1n) is 9.01. The van der Waals surface area contributed by atoms with E-state index in [-0.39, 0.29) is 5.43 Å². The number of hydrogen-bond donors (Lipinski definition) is 0. The molecule has 0 fully saturated rings. The van der Waals surface area contributed by atoms with Crippen LogP contribution in [0.1, 0.15) is 25.0 Å². The van der Waals surface area contributed by atoms with Crippen LogP contribution in [0.15, 0.2) is 51.7 Å². The summed E-state index contributed by atoms with van der Waals surface area (Å²) in [5.41, 5.74) is 3.24. The van der Waals surface area contributed by atoms with Crippen LogP contribution in [-0.2, 0) is 6.54 Å².